The Balaban J connectivity index is 1.57. The number of rotatable bonds is 10. The van der Waals surface area contributed by atoms with Crippen LogP contribution in [0.4, 0.5) is 0 Å². The van der Waals surface area contributed by atoms with Crippen LogP contribution in [0.15, 0.2) is 47.1 Å². The normalized spacial score (nSPS) is 16.6. The number of nitrogens with zero attached hydrogens (tertiary/aromatic N) is 3. The number of hydrogen-bond donors (Lipinski definition) is 2. The van der Waals surface area contributed by atoms with Crippen molar-refractivity contribution in [2.75, 3.05) is 53.0 Å². The Hall–Kier alpha value is -2.56. The molecule has 1 aromatic carbocycles. The topological polar surface area (TPSA) is 90.9 Å². The molecule has 3 heterocycles. The summed E-state index contributed by atoms with van der Waals surface area (Å²) in [6, 6.07) is 7.66. The largest absolute Gasteiger partial charge is 0.497 e. The predicted octanol–water partition coefficient (Wildman–Crippen LogP) is 2.73. The van der Waals surface area contributed by atoms with Crippen LogP contribution in [0, 0.1) is 0 Å². The lowest BCUT2D eigenvalue weighted by molar-refractivity contribution is 0.0223. The van der Waals surface area contributed by atoms with E-state index in [1.807, 2.05) is 29.6 Å². The number of H-pyrrole nitrogens is 1. The summed E-state index contributed by atoms with van der Waals surface area (Å²) in [5, 5.41) is 13.2. The third-order valence-corrected chi connectivity index (χ3v) is 6.94. The minimum Gasteiger partial charge on any atom is -0.497 e. The maximum atomic E-state index is 13.1. The number of aromatic amines is 1. The van der Waals surface area contributed by atoms with Gasteiger partial charge in [-0.25, -0.2) is 4.98 Å². The first kappa shape index (κ1) is 24.6. The van der Waals surface area contributed by atoms with Crippen LogP contribution in [0.1, 0.15) is 12.7 Å². The van der Waals surface area contributed by atoms with E-state index in [0.29, 0.717) is 29.1 Å². The Bertz CT molecular complexity index is 1180. The number of benzene rings is 1. The number of thiophene rings is 1. The molecule has 1 aliphatic heterocycles. The highest BCUT2D eigenvalue weighted by Crippen LogP contribution is 2.32. The van der Waals surface area contributed by atoms with Crippen LogP contribution in [-0.2, 0) is 11.3 Å². The molecular formula is C25H32N4O4S. The maximum Gasteiger partial charge on any atom is 0.260 e. The summed E-state index contributed by atoms with van der Waals surface area (Å²) in [7, 11) is 1.63. The van der Waals surface area contributed by atoms with Gasteiger partial charge in [0.05, 0.1) is 37.9 Å². The number of morpholine rings is 1. The average Bonchev–Trinajstić information content (AvgIpc) is 3.28. The highest BCUT2D eigenvalue weighted by molar-refractivity contribution is 7.17. The van der Waals surface area contributed by atoms with Gasteiger partial charge < -0.3 is 19.6 Å². The molecule has 2 N–H and O–H groups in total. The standard InChI is InChI=1S/C25H32N4O4S/c1-4-25(2,31)17-29(9-8-28-10-12-33-13-11-28)15-21-26-23(30)22-20(16-34-24(22)27-21)18-6-5-7-19(14-18)32-3/h4-7,14,16,31H,1,8-13,15,17H2,2-3H3,(H,26,27,30). The van der Waals surface area contributed by atoms with Gasteiger partial charge >= 0.3 is 0 Å². The Morgan fingerprint density at radius 3 is 2.94 bits per heavy atom. The SMILES string of the molecule is C=CC(C)(O)CN(CCN1CCOCC1)Cc1nc2scc(-c3cccc(OC)c3)c2c(=O)[nH]1. The van der Waals surface area contributed by atoms with Gasteiger partial charge in [-0.2, -0.15) is 0 Å². The van der Waals surface area contributed by atoms with Crippen molar-refractivity contribution in [1.82, 2.24) is 19.8 Å². The Labute approximate surface area is 203 Å². The van der Waals surface area contributed by atoms with Crippen LogP contribution >= 0.6 is 11.3 Å². The van der Waals surface area contributed by atoms with Gasteiger partial charge in [-0.1, -0.05) is 18.2 Å². The molecule has 1 saturated heterocycles. The molecule has 1 atom stereocenters. The summed E-state index contributed by atoms with van der Waals surface area (Å²) in [6.45, 7) is 11.2. The molecule has 0 saturated carbocycles. The fourth-order valence-corrected chi connectivity index (χ4v) is 5.09. The Morgan fingerprint density at radius 1 is 1.41 bits per heavy atom. The molecule has 34 heavy (non-hydrogen) atoms. The number of methoxy groups -OCH3 is 1. The van der Waals surface area contributed by atoms with Crippen molar-refractivity contribution in [3.63, 3.8) is 0 Å². The molecule has 1 aliphatic rings. The summed E-state index contributed by atoms with van der Waals surface area (Å²) < 4.78 is 10.8. The third kappa shape index (κ3) is 5.92. The lowest BCUT2D eigenvalue weighted by atomic mass is 10.1. The zero-order chi connectivity index (χ0) is 24.1. The van der Waals surface area contributed by atoms with Gasteiger partial charge in [-0.05, 0) is 24.6 Å². The molecule has 0 spiro atoms. The molecule has 4 rings (SSSR count). The van der Waals surface area contributed by atoms with Gasteiger partial charge in [-0.15, -0.1) is 17.9 Å². The lowest BCUT2D eigenvalue weighted by Gasteiger charge is -2.32. The molecule has 0 aliphatic carbocycles. The first-order valence-corrected chi connectivity index (χ1v) is 12.3. The van der Waals surface area contributed by atoms with E-state index in [2.05, 4.69) is 21.4 Å². The van der Waals surface area contributed by atoms with Crippen LogP contribution < -0.4 is 10.3 Å². The maximum absolute atomic E-state index is 13.1. The van der Waals surface area contributed by atoms with Crippen molar-refractivity contribution in [3.8, 4) is 16.9 Å². The van der Waals surface area contributed by atoms with Crippen molar-refractivity contribution < 1.29 is 14.6 Å². The average molecular weight is 485 g/mol. The van der Waals surface area contributed by atoms with E-state index in [4.69, 9.17) is 14.5 Å². The summed E-state index contributed by atoms with van der Waals surface area (Å²) in [5.74, 6) is 1.32. The molecule has 0 amide bonds. The molecule has 9 heteroatoms. The zero-order valence-corrected chi connectivity index (χ0v) is 20.6. The first-order valence-electron chi connectivity index (χ1n) is 11.4. The molecule has 182 valence electrons. The van der Waals surface area contributed by atoms with Gasteiger partial charge in [0.1, 0.15) is 16.4 Å². The van der Waals surface area contributed by atoms with Crippen molar-refractivity contribution in [2.45, 2.75) is 19.1 Å². The zero-order valence-electron chi connectivity index (χ0n) is 19.7. The number of aromatic nitrogens is 2. The van der Waals surface area contributed by atoms with E-state index in [1.165, 1.54) is 11.3 Å². The van der Waals surface area contributed by atoms with Gasteiger partial charge in [0, 0.05) is 43.7 Å². The summed E-state index contributed by atoms with van der Waals surface area (Å²) in [4.78, 5) is 26.0. The van der Waals surface area contributed by atoms with Crippen molar-refractivity contribution in [2.24, 2.45) is 0 Å². The third-order valence-electron chi connectivity index (χ3n) is 6.07. The first-order chi connectivity index (χ1) is 16.4. The van der Waals surface area contributed by atoms with Crippen LogP contribution in [0.3, 0.4) is 0 Å². The van der Waals surface area contributed by atoms with Crippen molar-refractivity contribution in [1.29, 1.82) is 0 Å². The van der Waals surface area contributed by atoms with Crippen molar-refractivity contribution in [3.05, 3.63) is 58.5 Å². The van der Waals surface area contributed by atoms with Gasteiger partial charge in [0.2, 0.25) is 0 Å². The van der Waals surface area contributed by atoms with E-state index in [-0.39, 0.29) is 5.56 Å². The molecule has 8 nitrogen and oxygen atoms in total. The highest BCUT2D eigenvalue weighted by Gasteiger charge is 2.23. The summed E-state index contributed by atoms with van der Waals surface area (Å²) in [6.07, 6.45) is 1.55. The number of fused-ring (bicyclic) bond motifs is 1. The number of nitrogens with one attached hydrogen (secondary N) is 1. The Kier molecular flexibility index (Phi) is 7.80. The van der Waals surface area contributed by atoms with Crippen LogP contribution in [0.25, 0.3) is 21.3 Å². The van der Waals surface area contributed by atoms with E-state index in [0.717, 1.165) is 56.3 Å². The molecule has 1 unspecified atom stereocenters. The number of aliphatic hydroxyl groups is 1. The smallest absolute Gasteiger partial charge is 0.260 e. The molecule has 0 radical (unpaired) electrons. The van der Waals surface area contributed by atoms with E-state index in [9.17, 15) is 9.90 Å². The minimum atomic E-state index is -1.04. The molecule has 3 aromatic rings. The van der Waals surface area contributed by atoms with Crippen LogP contribution in [0.5, 0.6) is 5.75 Å². The Morgan fingerprint density at radius 2 is 2.21 bits per heavy atom. The van der Waals surface area contributed by atoms with Gasteiger partial charge in [-0.3, -0.25) is 14.6 Å². The van der Waals surface area contributed by atoms with E-state index in [1.54, 1.807) is 20.1 Å². The molecule has 1 fully saturated rings. The van der Waals surface area contributed by atoms with E-state index < -0.39 is 5.60 Å². The fourth-order valence-electron chi connectivity index (χ4n) is 4.12. The molecule has 0 bridgehead atoms. The monoisotopic (exact) mass is 484 g/mol. The summed E-state index contributed by atoms with van der Waals surface area (Å²) in [5.41, 5.74) is 0.554. The number of ether oxygens (including phenoxy) is 2. The predicted molar refractivity (Wildman–Crippen MR) is 136 cm³/mol. The van der Waals surface area contributed by atoms with Gasteiger partial charge in [0.25, 0.3) is 5.56 Å². The molecule has 2 aromatic heterocycles. The second-order valence-corrected chi connectivity index (χ2v) is 9.66. The van der Waals surface area contributed by atoms with Crippen molar-refractivity contribution >= 4 is 21.6 Å². The lowest BCUT2D eigenvalue weighted by Crippen LogP contribution is -2.45. The summed E-state index contributed by atoms with van der Waals surface area (Å²) >= 11 is 1.45. The highest BCUT2D eigenvalue weighted by atomic mass is 32.1. The minimum absolute atomic E-state index is 0.164. The second kappa shape index (κ2) is 10.8. The van der Waals surface area contributed by atoms with Gasteiger partial charge in [0.15, 0.2) is 0 Å². The second-order valence-electron chi connectivity index (χ2n) is 8.80. The van der Waals surface area contributed by atoms with E-state index >= 15 is 0 Å². The van der Waals surface area contributed by atoms with Crippen LogP contribution in [-0.4, -0.2) is 83.5 Å². The fraction of sp³-hybridized carbons (Fsp3) is 0.440. The number of hydrogen-bond acceptors (Lipinski definition) is 8. The molecular weight excluding hydrogens is 452 g/mol. The quantitative estimate of drug-likeness (QED) is 0.428. The van der Waals surface area contributed by atoms with Crippen LogP contribution in [0.2, 0.25) is 0 Å².